The summed E-state index contributed by atoms with van der Waals surface area (Å²) < 4.78 is 1.19. The smallest absolute Gasteiger partial charge is 0.329 e. The highest BCUT2D eigenvalue weighted by Crippen LogP contribution is 1.83. The molecule has 1 N–H and O–H groups in total. The van der Waals surface area contributed by atoms with Crippen LogP contribution < -0.4 is 5.56 Å². The molecule has 0 bridgehead atoms. The van der Waals surface area contributed by atoms with Gasteiger partial charge in [-0.3, -0.25) is 9.36 Å². The molecule has 1 aromatic heterocycles. The molecular formula is C8H7NO3. The fourth-order valence-electron chi connectivity index (χ4n) is 0.707. The molecule has 1 heterocycles. The minimum Gasteiger partial charge on any atom is -0.478 e. The molecule has 1 aromatic rings. The zero-order valence-corrected chi connectivity index (χ0v) is 6.18. The minimum atomic E-state index is -1.08. The maximum absolute atomic E-state index is 11.0. The van der Waals surface area contributed by atoms with Crippen molar-refractivity contribution in [1.29, 1.82) is 0 Å². The molecule has 62 valence electrons. The highest BCUT2D eigenvalue weighted by molar-refractivity contribution is 5.82. The predicted molar refractivity (Wildman–Crippen MR) is 43.7 cm³/mol. The molecule has 0 saturated heterocycles. The molecule has 0 aliphatic heterocycles. The molecule has 0 atom stereocenters. The summed E-state index contributed by atoms with van der Waals surface area (Å²) in [6.45, 7) is 0. The van der Waals surface area contributed by atoms with Gasteiger partial charge in [0.05, 0.1) is 0 Å². The molecule has 12 heavy (non-hydrogen) atoms. The summed E-state index contributed by atoms with van der Waals surface area (Å²) in [7, 11) is 0. The van der Waals surface area contributed by atoms with Crippen molar-refractivity contribution >= 4 is 12.2 Å². The van der Waals surface area contributed by atoms with E-state index in [0.717, 1.165) is 6.08 Å². The number of carboxylic acid groups (broad SMARTS) is 1. The van der Waals surface area contributed by atoms with Gasteiger partial charge in [-0.1, -0.05) is 6.07 Å². The molecule has 0 amide bonds. The molecule has 0 unspecified atom stereocenters. The van der Waals surface area contributed by atoms with Crippen LogP contribution in [-0.2, 0) is 4.79 Å². The summed E-state index contributed by atoms with van der Waals surface area (Å²) >= 11 is 0. The van der Waals surface area contributed by atoms with Gasteiger partial charge in [0, 0.05) is 24.5 Å². The van der Waals surface area contributed by atoms with E-state index in [1.165, 1.54) is 23.0 Å². The number of hydrogen-bond donors (Lipinski definition) is 1. The largest absolute Gasteiger partial charge is 0.478 e. The van der Waals surface area contributed by atoms with Gasteiger partial charge in [-0.2, -0.15) is 0 Å². The predicted octanol–water partition coefficient (Wildman–Crippen LogP) is 0.404. The Bertz CT molecular complexity index is 365. The second-order valence-electron chi connectivity index (χ2n) is 2.10. The number of nitrogens with zero attached hydrogens (tertiary/aromatic N) is 1. The third-order valence-corrected chi connectivity index (χ3v) is 1.23. The molecule has 1 rings (SSSR count). The fourth-order valence-corrected chi connectivity index (χ4v) is 0.707. The third kappa shape index (κ3) is 2.09. The lowest BCUT2D eigenvalue weighted by atomic mass is 10.5. The summed E-state index contributed by atoms with van der Waals surface area (Å²) in [5.74, 6) is -1.08. The molecule has 0 saturated carbocycles. The van der Waals surface area contributed by atoms with Crippen molar-refractivity contribution < 1.29 is 9.90 Å². The van der Waals surface area contributed by atoms with E-state index in [4.69, 9.17) is 5.11 Å². The topological polar surface area (TPSA) is 59.3 Å². The van der Waals surface area contributed by atoms with E-state index in [2.05, 4.69) is 0 Å². The van der Waals surface area contributed by atoms with Crippen LogP contribution in [0, 0.1) is 0 Å². The van der Waals surface area contributed by atoms with Gasteiger partial charge in [0.25, 0.3) is 5.56 Å². The van der Waals surface area contributed by atoms with Crippen molar-refractivity contribution in [3.63, 3.8) is 0 Å². The van der Waals surface area contributed by atoms with E-state index in [0.29, 0.717) is 0 Å². The third-order valence-electron chi connectivity index (χ3n) is 1.23. The first kappa shape index (κ1) is 8.26. The van der Waals surface area contributed by atoms with Crippen molar-refractivity contribution in [1.82, 2.24) is 4.57 Å². The maximum atomic E-state index is 11.0. The van der Waals surface area contributed by atoms with Crippen molar-refractivity contribution in [3.8, 4) is 0 Å². The summed E-state index contributed by atoms with van der Waals surface area (Å²) in [4.78, 5) is 21.0. The summed E-state index contributed by atoms with van der Waals surface area (Å²) in [5, 5.41) is 8.26. The fraction of sp³-hybridized carbons (Fsp3) is 0. The molecule has 0 spiro atoms. The molecule has 0 radical (unpaired) electrons. The lowest BCUT2D eigenvalue weighted by Crippen LogP contribution is -2.12. The number of pyridine rings is 1. The first-order valence-corrected chi connectivity index (χ1v) is 3.28. The first-order chi connectivity index (χ1) is 5.70. The summed E-state index contributed by atoms with van der Waals surface area (Å²) in [5.41, 5.74) is -0.255. The van der Waals surface area contributed by atoms with E-state index in [1.807, 2.05) is 0 Å². The van der Waals surface area contributed by atoms with Gasteiger partial charge in [-0.25, -0.2) is 4.79 Å². The van der Waals surface area contributed by atoms with Gasteiger partial charge < -0.3 is 5.11 Å². The number of rotatable bonds is 2. The van der Waals surface area contributed by atoms with E-state index in [1.54, 1.807) is 12.1 Å². The second-order valence-corrected chi connectivity index (χ2v) is 2.10. The van der Waals surface area contributed by atoms with Crippen molar-refractivity contribution in [2.45, 2.75) is 0 Å². The molecule has 4 heteroatoms. The SMILES string of the molecule is O=C(O)/C=C\n1ccccc1=O. The van der Waals surface area contributed by atoms with Crippen LogP contribution >= 0.6 is 0 Å². The van der Waals surface area contributed by atoms with Crippen LogP contribution in [0.3, 0.4) is 0 Å². The normalized spacial score (nSPS) is 10.3. The highest BCUT2D eigenvalue weighted by atomic mass is 16.4. The maximum Gasteiger partial charge on any atom is 0.329 e. The van der Waals surface area contributed by atoms with Crippen molar-refractivity contribution in [2.24, 2.45) is 0 Å². The molecule has 4 nitrogen and oxygen atoms in total. The van der Waals surface area contributed by atoms with Crippen LogP contribution in [0.15, 0.2) is 35.3 Å². The van der Waals surface area contributed by atoms with Gasteiger partial charge in [0.2, 0.25) is 0 Å². The Morgan fingerprint density at radius 2 is 2.25 bits per heavy atom. The Morgan fingerprint density at radius 3 is 2.83 bits per heavy atom. The van der Waals surface area contributed by atoms with Gasteiger partial charge in [-0.15, -0.1) is 0 Å². The molecule has 0 aromatic carbocycles. The number of aromatic nitrogens is 1. The number of carbonyl (C=O) groups is 1. The van der Waals surface area contributed by atoms with Crippen LogP contribution in [0.25, 0.3) is 6.20 Å². The van der Waals surface area contributed by atoms with Crippen LogP contribution in [0.5, 0.6) is 0 Å². The Morgan fingerprint density at radius 1 is 1.50 bits per heavy atom. The minimum absolute atomic E-state index is 0.255. The van der Waals surface area contributed by atoms with Crippen molar-refractivity contribution in [3.05, 3.63) is 40.8 Å². The lowest BCUT2D eigenvalue weighted by Gasteiger charge is -1.93. The zero-order chi connectivity index (χ0) is 8.97. The van der Waals surface area contributed by atoms with E-state index < -0.39 is 5.97 Å². The molecule has 0 fully saturated rings. The number of carboxylic acids is 1. The Labute approximate surface area is 68.4 Å². The van der Waals surface area contributed by atoms with Gasteiger partial charge in [-0.05, 0) is 6.07 Å². The van der Waals surface area contributed by atoms with Gasteiger partial charge in [0.1, 0.15) is 0 Å². The average Bonchev–Trinajstić information content (AvgIpc) is 2.03. The van der Waals surface area contributed by atoms with E-state index in [9.17, 15) is 9.59 Å². The monoisotopic (exact) mass is 165 g/mol. The van der Waals surface area contributed by atoms with Crippen LogP contribution in [0.4, 0.5) is 0 Å². The quantitative estimate of drug-likeness (QED) is 0.645. The summed E-state index contributed by atoms with van der Waals surface area (Å²) in [6.07, 6.45) is 3.59. The average molecular weight is 165 g/mol. The Balaban J connectivity index is 2.97. The van der Waals surface area contributed by atoms with E-state index in [-0.39, 0.29) is 5.56 Å². The number of aliphatic carboxylic acids is 1. The standard InChI is InChI=1S/C8H7NO3/c10-7-3-1-2-5-9(7)6-4-8(11)12/h1-6H,(H,11,12)/b6-4-. The molecular weight excluding hydrogens is 158 g/mol. The van der Waals surface area contributed by atoms with Crippen molar-refractivity contribution in [2.75, 3.05) is 0 Å². The Kier molecular flexibility index (Phi) is 2.42. The van der Waals surface area contributed by atoms with Gasteiger partial charge in [0.15, 0.2) is 0 Å². The highest BCUT2D eigenvalue weighted by Gasteiger charge is 1.88. The second kappa shape index (κ2) is 3.52. The molecule has 0 aliphatic rings. The lowest BCUT2D eigenvalue weighted by molar-refractivity contribution is -0.131. The number of hydrogen-bond acceptors (Lipinski definition) is 2. The zero-order valence-electron chi connectivity index (χ0n) is 6.18. The van der Waals surface area contributed by atoms with Gasteiger partial charge >= 0.3 is 5.97 Å². The Hall–Kier alpha value is -1.84. The molecule has 0 aliphatic carbocycles. The summed E-state index contributed by atoms with van der Waals surface area (Å²) in [6, 6.07) is 4.59. The van der Waals surface area contributed by atoms with Crippen LogP contribution in [0.2, 0.25) is 0 Å². The van der Waals surface area contributed by atoms with E-state index >= 15 is 0 Å². The van der Waals surface area contributed by atoms with Crippen LogP contribution in [0.1, 0.15) is 0 Å². The first-order valence-electron chi connectivity index (χ1n) is 3.28. The van der Waals surface area contributed by atoms with Crippen LogP contribution in [-0.4, -0.2) is 15.6 Å².